The van der Waals surface area contributed by atoms with Crippen LogP contribution in [0.3, 0.4) is 0 Å². The summed E-state index contributed by atoms with van der Waals surface area (Å²) in [6.07, 6.45) is 14.7. The van der Waals surface area contributed by atoms with Gasteiger partial charge in [0, 0.05) is 71.6 Å². The average Bonchev–Trinajstić information content (AvgIpc) is 3.65. The molecule has 0 unspecified atom stereocenters. The molecule has 278 valence electrons. The number of aromatic nitrogens is 2. The van der Waals surface area contributed by atoms with E-state index in [4.69, 9.17) is 32.7 Å². The lowest BCUT2D eigenvalue weighted by molar-refractivity contribution is -0.662. The number of anilines is 2. The van der Waals surface area contributed by atoms with E-state index in [9.17, 15) is 0 Å². The molecule has 0 aliphatic carbocycles. The van der Waals surface area contributed by atoms with Crippen molar-refractivity contribution in [3.8, 4) is 11.5 Å². The summed E-state index contributed by atoms with van der Waals surface area (Å²) in [5, 5.41) is 4.02. The lowest BCUT2D eigenvalue weighted by Crippen LogP contribution is -2.36. The van der Waals surface area contributed by atoms with E-state index >= 15 is 0 Å². The van der Waals surface area contributed by atoms with Crippen LogP contribution in [0.4, 0.5) is 11.4 Å². The minimum absolute atomic E-state index is 0.461. The van der Waals surface area contributed by atoms with Crippen LogP contribution < -0.4 is 28.4 Å². The molecule has 6 aromatic rings. The van der Waals surface area contributed by atoms with E-state index < -0.39 is 0 Å². The van der Waals surface area contributed by atoms with Crippen molar-refractivity contribution in [2.75, 3.05) is 49.2 Å². The van der Waals surface area contributed by atoms with Crippen LogP contribution in [0.1, 0.15) is 62.5 Å². The van der Waals surface area contributed by atoms with Crippen molar-refractivity contribution in [3.05, 3.63) is 131 Å². The number of pyridine rings is 2. The smallest absolute Gasteiger partial charge is 0.216 e. The third-order valence-corrected chi connectivity index (χ3v) is 11.5. The van der Waals surface area contributed by atoms with Crippen molar-refractivity contribution in [3.63, 3.8) is 0 Å². The summed E-state index contributed by atoms with van der Waals surface area (Å²) in [5.41, 5.74) is 7.34. The van der Waals surface area contributed by atoms with E-state index in [-0.39, 0.29) is 0 Å². The second-order valence-electron chi connectivity index (χ2n) is 14.8. The highest BCUT2D eigenvalue weighted by atomic mass is 35.5. The molecule has 2 aliphatic rings. The molecule has 0 amide bonds. The summed E-state index contributed by atoms with van der Waals surface area (Å²) in [5.74, 6) is 1.66. The van der Waals surface area contributed by atoms with Crippen molar-refractivity contribution < 1.29 is 18.6 Å². The van der Waals surface area contributed by atoms with Gasteiger partial charge in [-0.25, -0.2) is 0 Å². The fraction of sp³-hybridized carbons (Fsp3) is 0.348. The summed E-state index contributed by atoms with van der Waals surface area (Å²) < 4.78 is 16.7. The fourth-order valence-electron chi connectivity index (χ4n) is 8.12. The second-order valence-corrected chi connectivity index (χ2v) is 15.6. The first-order valence-corrected chi connectivity index (χ1v) is 20.5. The monoisotopic (exact) mass is 760 g/mol. The van der Waals surface area contributed by atoms with Crippen LogP contribution in [0, 0.1) is 0 Å². The van der Waals surface area contributed by atoms with E-state index in [1.165, 1.54) is 84.6 Å². The molecule has 0 N–H and O–H groups in total. The molecule has 4 heterocycles. The Kier molecular flexibility index (Phi) is 11.7. The summed E-state index contributed by atoms with van der Waals surface area (Å²) in [6.45, 7) is 6.88. The van der Waals surface area contributed by atoms with Crippen LogP contribution >= 0.6 is 23.2 Å². The Morgan fingerprint density at radius 3 is 1.24 bits per heavy atom. The Bertz CT molecular complexity index is 2020. The highest BCUT2D eigenvalue weighted by molar-refractivity contribution is 6.31. The van der Waals surface area contributed by atoms with Gasteiger partial charge in [-0.1, -0.05) is 48.9 Å². The largest absolute Gasteiger partial charge is 0.490 e. The van der Waals surface area contributed by atoms with E-state index in [2.05, 4.69) is 92.0 Å². The van der Waals surface area contributed by atoms with Crippen LogP contribution in [0.2, 0.25) is 10.0 Å². The van der Waals surface area contributed by atoms with Crippen LogP contribution in [0.25, 0.3) is 21.8 Å². The Morgan fingerprint density at radius 1 is 0.463 bits per heavy atom. The molecule has 2 aliphatic heterocycles. The number of ether oxygens (including phenoxy) is 2. The Labute approximate surface area is 329 Å². The number of fused-ring (bicyclic) bond motifs is 2. The number of nitrogens with zero attached hydrogens (tertiary/aromatic N) is 4. The normalized spacial score (nSPS) is 15.3. The molecular formula is C46H50Cl2N4O2+2. The number of hydrogen-bond acceptors (Lipinski definition) is 4. The Hall–Kier alpha value is -4.52. The minimum Gasteiger partial charge on any atom is -0.490 e. The van der Waals surface area contributed by atoms with Gasteiger partial charge in [-0.2, -0.15) is 9.13 Å². The Balaban J connectivity index is 0.852. The van der Waals surface area contributed by atoms with Crippen LogP contribution in [-0.2, 0) is 13.1 Å². The highest BCUT2D eigenvalue weighted by Crippen LogP contribution is 2.31. The first-order chi connectivity index (χ1) is 26.6. The van der Waals surface area contributed by atoms with E-state index in [1.807, 2.05) is 36.4 Å². The molecule has 4 aromatic carbocycles. The molecular weight excluding hydrogens is 711 g/mol. The van der Waals surface area contributed by atoms with Gasteiger partial charge in [0.05, 0.1) is 22.1 Å². The van der Waals surface area contributed by atoms with Crippen molar-refractivity contribution in [1.82, 2.24) is 0 Å². The van der Waals surface area contributed by atoms with Crippen LogP contribution in [-0.4, -0.2) is 39.4 Å². The van der Waals surface area contributed by atoms with Gasteiger partial charge in [-0.05, 0) is 98.5 Å². The van der Waals surface area contributed by atoms with Gasteiger partial charge in [0.25, 0.3) is 0 Å². The molecule has 0 atom stereocenters. The molecule has 0 spiro atoms. The van der Waals surface area contributed by atoms with Gasteiger partial charge < -0.3 is 19.3 Å². The van der Waals surface area contributed by atoms with Gasteiger partial charge in [0.15, 0.2) is 25.5 Å². The first kappa shape index (κ1) is 36.5. The summed E-state index contributed by atoms with van der Waals surface area (Å²) in [4.78, 5) is 5.10. The van der Waals surface area contributed by atoms with Crippen molar-refractivity contribution in [1.29, 1.82) is 0 Å². The molecule has 0 bridgehead atoms. The van der Waals surface area contributed by atoms with Crippen LogP contribution in [0.5, 0.6) is 11.5 Å². The van der Waals surface area contributed by atoms with Crippen LogP contribution in [0.15, 0.2) is 109 Å². The number of rotatable bonds is 11. The number of hydrogen-bond donors (Lipinski definition) is 0. The minimum atomic E-state index is 0.461. The molecule has 0 saturated carbocycles. The van der Waals surface area contributed by atoms with Crippen molar-refractivity contribution in [2.45, 2.75) is 64.5 Å². The molecule has 0 radical (unpaired) electrons. The summed E-state index contributed by atoms with van der Waals surface area (Å²) in [6, 6.07) is 33.8. The molecule has 54 heavy (non-hydrogen) atoms. The lowest BCUT2D eigenvalue weighted by atomic mass is 10.1. The zero-order chi connectivity index (χ0) is 36.7. The molecule has 8 heteroatoms. The quantitative estimate of drug-likeness (QED) is 0.0973. The maximum absolute atomic E-state index is 6.51. The molecule has 2 aromatic heterocycles. The van der Waals surface area contributed by atoms with E-state index in [0.717, 1.165) is 71.8 Å². The standard InChI is InChI=1S/C46H50Cl2N4O2/c47-37-13-19-41-43(49-23-5-1-2-6-24-49)21-27-51(45(41)31-37)33-35-9-15-39(16-10-35)53-29-30-54-40-17-11-36(12-18-40)34-52-28-22-44(50-25-7-3-4-8-26-50)42-20-14-38(48)32-46(42)52/h9-22,27-28,31-32H,1-8,23-26,29-30,33-34H2/q+2. The lowest BCUT2D eigenvalue weighted by Gasteiger charge is -2.23. The SMILES string of the molecule is Clc1ccc2c(N3CCCCCC3)cc[n+](Cc3ccc(OCCOc4ccc(C[n+]5ccc(N6CCCCCC6)c6ccc(Cl)cc65)cc4)cc3)c2c1. The number of halogens is 2. The first-order valence-electron chi connectivity index (χ1n) is 19.7. The fourth-order valence-corrected chi connectivity index (χ4v) is 8.46. The van der Waals surface area contributed by atoms with Gasteiger partial charge >= 0.3 is 0 Å². The van der Waals surface area contributed by atoms with Crippen molar-refractivity contribution >= 4 is 56.4 Å². The second kappa shape index (κ2) is 17.3. The maximum atomic E-state index is 6.51. The van der Waals surface area contributed by atoms with Crippen molar-refractivity contribution in [2.24, 2.45) is 0 Å². The molecule has 8 rings (SSSR count). The molecule has 2 saturated heterocycles. The van der Waals surface area contributed by atoms with Gasteiger partial charge in [-0.3, -0.25) is 0 Å². The topological polar surface area (TPSA) is 32.7 Å². The summed E-state index contributed by atoms with van der Waals surface area (Å²) >= 11 is 13.0. The zero-order valence-corrected chi connectivity index (χ0v) is 32.6. The molecule has 6 nitrogen and oxygen atoms in total. The maximum Gasteiger partial charge on any atom is 0.216 e. The van der Waals surface area contributed by atoms with E-state index in [1.54, 1.807) is 0 Å². The highest BCUT2D eigenvalue weighted by Gasteiger charge is 2.21. The predicted octanol–water partition coefficient (Wildman–Crippen LogP) is 10.2. The number of benzene rings is 4. The third-order valence-electron chi connectivity index (χ3n) is 11.0. The van der Waals surface area contributed by atoms with Gasteiger partial charge in [0.1, 0.15) is 24.7 Å². The third kappa shape index (κ3) is 8.72. The Morgan fingerprint density at radius 2 is 0.852 bits per heavy atom. The van der Waals surface area contributed by atoms with E-state index in [0.29, 0.717) is 13.2 Å². The molecule has 2 fully saturated rings. The average molecular weight is 762 g/mol. The summed E-state index contributed by atoms with van der Waals surface area (Å²) in [7, 11) is 0. The zero-order valence-electron chi connectivity index (χ0n) is 31.1. The van der Waals surface area contributed by atoms with Gasteiger partial charge in [-0.15, -0.1) is 0 Å². The predicted molar refractivity (Wildman–Crippen MR) is 222 cm³/mol. The van der Waals surface area contributed by atoms with Gasteiger partial charge in [0.2, 0.25) is 11.0 Å².